The van der Waals surface area contributed by atoms with Gasteiger partial charge in [-0.05, 0) is 24.6 Å². The van der Waals surface area contributed by atoms with E-state index < -0.39 is 0 Å². The Morgan fingerprint density at radius 1 is 1.14 bits per heavy atom. The van der Waals surface area contributed by atoms with Crippen molar-refractivity contribution in [2.45, 2.75) is 20.0 Å². The Morgan fingerprint density at radius 3 is 2.74 bits per heavy atom. The normalized spacial score (nSPS) is 12.5. The van der Waals surface area contributed by atoms with Crippen LogP contribution in [0.15, 0.2) is 30.7 Å². The van der Waals surface area contributed by atoms with Gasteiger partial charge < -0.3 is 18.9 Å². The standard InChI is InChI=1S/C24H26N6O5/c1-16-10-19(17-11-21(33-3)23(26-12-17)35-9-8-34-7-6-32-2)28-20-15-30(24(31)22(16)20)18-13-27-29(14-18)5-4-25/h10-14H,5-9,15H2,1-3H3. The summed E-state index contributed by atoms with van der Waals surface area (Å²) in [6.45, 7) is 4.07. The van der Waals surface area contributed by atoms with E-state index in [1.807, 2.05) is 25.1 Å². The first-order valence-electron chi connectivity index (χ1n) is 11.0. The maximum Gasteiger partial charge on any atom is 0.260 e. The molecule has 11 heteroatoms. The largest absolute Gasteiger partial charge is 0.491 e. The topological polar surface area (TPSA) is 125 Å². The van der Waals surface area contributed by atoms with Gasteiger partial charge in [-0.1, -0.05) is 0 Å². The second kappa shape index (κ2) is 10.9. The number of methoxy groups -OCH3 is 2. The molecule has 1 aliphatic heterocycles. The lowest BCUT2D eigenvalue weighted by atomic mass is 10.1. The van der Waals surface area contributed by atoms with Gasteiger partial charge in [-0.15, -0.1) is 0 Å². The molecule has 0 bridgehead atoms. The van der Waals surface area contributed by atoms with Crippen LogP contribution in [0.3, 0.4) is 0 Å². The van der Waals surface area contributed by atoms with Gasteiger partial charge in [0.25, 0.3) is 11.8 Å². The van der Waals surface area contributed by atoms with Crippen molar-refractivity contribution in [3.8, 4) is 29.0 Å². The third-order valence-corrected chi connectivity index (χ3v) is 5.45. The fourth-order valence-electron chi connectivity index (χ4n) is 3.78. The molecule has 35 heavy (non-hydrogen) atoms. The second-order valence-electron chi connectivity index (χ2n) is 7.78. The van der Waals surface area contributed by atoms with Gasteiger partial charge in [-0.2, -0.15) is 10.4 Å². The highest BCUT2D eigenvalue weighted by atomic mass is 16.6. The third-order valence-electron chi connectivity index (χ3n) is 5.45. The highest BCUT2D eigenvalue weighted by Gasteiger charge is 2.32. The molecule has 0 aromatic carbocycles. The zero-order chi connectivity index (χ0) is 24.8. The van der Waals surface area contributed by atoms with E-state index in [0.29, 0.717) is 67.2 Å². The minimum absolute atomic E-state index is 0.117. The van der Waals surface area contributed by atoms with Crippen molar-refractivity contribution in [2.24, 2.45) is 0 Å². The zero-order valence-electron chi connectivity index (χ0n) is 19.9. The van der Waals surface area contributed by atoms with E-state index in [0.717, 1.165) is 11.1 Å². The monoisotopic (exact) mass is 478 g/mol. The maximum absolute atomic E-state index is 13.1. The fourth-order valence-corrected chi connectivity index (χ4v) is 3.78. The molecule has 3 aromatic heterocycles. The Kier molecular flexibility index (Phi) is 7.54. The van der Waals surface area contributed by atoms with Gasteiger partial charge in [0.05, 0.1) is 68.4 Å². The Bertz CT molecular complexity index is 1250. The van der Waals surface area contributed by atoms with Crippen molar-refractivity contribution >= 4 is 11.6 Å². The van der Waals surface area contributed by atoms with Crippen LogP contribution in [0.2, 0.25) is 0 Å². The summed E-state index contributed by atoms with van der Waals surface area (Å²) in [5.74, 6) is 0.697. The van der Waals surface area contributed by atoms with Gasteiger partial charge in [0, 0.05) is 25.1 Å². The molecule has 3 aromatic rings. The van der Waals surface area contributed by atoms with E-state index in [1.165, 1.54) is 4.68 Å². The lowest BCUT2D eigenvalue weighted by Gasteiger charge is -2.12. The third kappa shape index (κ3) is 5.24. The number of carbonyl (C=O) groups excluding carboxylic acids is 1. The molecule has 0 atom stereocenters. The summed E-state index contributed by atoms with van der Waals surface area (Å²) in [6, 6.07) is 5.70. The van der Waals surface area contributed by atoms with Crippen LogP contribution in [-0.2, 0) is 22.6 Å². The van der Waals surface area contributed by atoms with Crippen LogP contribution >= 0.6 is 0 Å². The number of nitriles is 1. The molecule has 1 amide bonds. The minimum atomic E-state index is -0.139. The smallest absolute Gasteiger partial charge is 0.260 e. The SMILES string of the molecule is COCCOCCOc1ncc(-c2cc(C)c3c(n2)CN(c2cnn(CC#N)c2)C3=O)cc1OC. The van der Waals surface area contributed by atoms with Crippen molar-refractivity contribution in [3.05, 3.63) is 47.5 Å². The Morgan fingerprint density at radius 2 is 1.97 bits per heavy atom. The van der Waals surface area contributed by atoms with Crippen LogP contribution < -0.4 is 14.4 Å². The number of anilines is 1. The average Bonchev–Trinajstić information content (AvgIpc) is 3.45. The van der Waals surface area contributed by atoms with Gasteiger partial charge in [0.2, 0.25) is 0 Å². The average molecular weight is 479 g/mol. The van der Waals surface area contributed by atoms with Crippen LogP contribution in [0.4, 0.5) is 5.69 Å². The van der Waals surface area contributed by atoms with Crippen LogP contribution in [0.25, 0.3) is 11.3 Å². The molecule has 1 aliphatic rings. The molecule has 0 radical (unpaired) electrons. The molecule has 0 fully saturated rings. The maximum atomic E-state index is 13.1. The molecule has 0 saturated heterocycles. The number of nitrogens with zero attached hydrogens (tertiary/aromatic N) is 6. The number of hydrogen-bond acceptors (Lipinski definition) is 9. The number of amides is 1. The lowest BCUT2D eigenvalue weighted by molar-refractivity contribution is 0.0532. The summed E-state index contributed by atoms with van der Waals surface area (Å²) >= 11 is 0. The van der Waals surface area contributed by atoms with Gasteiger partial charge in [-0.25, -0.2) is 4.98 Å². The van der Waals surface area contributed by atoms with Crippen molar-refractivity contribution < 1.29 is 23.7 Å². The van der Waals surface area contributed by atoms with E-state index in [2.05, 4.69) is 10.1 Å². The van der Waals surface area contributed by atoms with Crippen LogP contribution in [0, 0.1) is 18.3 Å². The van der Waals surface area contributed by atoms with Crippen molar-refractivity contribution in [2.75, 3.05) is 45.5 Å². The van der Waals surface area contributed by atoms with Gasteiger partial charge in [0.1, 0.15) is 13.2 Å². The van der Waals surface area contributed by atoms with Gasteiger partial charge in [-0.3, -0.25) is 19.4 Å². The summed E-state index contributed by atoms with van der Waals surface area (Å²) in [5, 5.41) is 13.0. The number of ether oxygens (including phenoxy) is 4. The first-order chi connectivity index (χ1) is 17.0. The summed E-state index contributed by atoms with van der Waals surface area (Å²) < 4.78 is 23.0. The number of hydrogen-bond donors (Lipinski definition) is 0. The summed E-state index contributed by atoms with van der Waals surface area (Å²) in [7, 11) is 3.17. The predicted molar refractivity (Wildman–Crippen MR) is 125 cm³/mol. The fraction of sp³-hybridized carbons (Fsp3) is 0.375. The molecule has 0 aliphatic carbocycles. The molecule has 0 spiro atoms. The molecule has 4 heterocycles. The van der Waals surface area contributed by atoms with Crippen molar-refractivity contribution in [1.29, 1.82) is 5.26 Å². The van der Waals surface area contributed by atoms with Crippen LogP contribution in [0.1, 0.15) is 21.6 Å². The summed E-state index contributed by atoms with van der Waals surface area (Å²) in [5.41, 5.74) is 4.11. The molecule has 0 saturated carbocycles. The first-order valence-corrected chi connectivity index (χ1v) is 11.0. The Hall–Kier alpha value is -4.01. The van der Waals surface area contributed by atoms with E-state index >= 15 is 0 Å². The van der Waals surface area contributed by atoms with Crippen LogP contribution in [-0.4, -0.2) is 66.3 Å². The summed E-state index contributed by atoms with van der Waals surface area (Å²) in [6.07, 6.45) is 4.92. The molecule has 0 unspecified atom stereocenters. The predicted octanol–water partition coefficient (Wildman–Crippen LogP) is 2.38. The second-order valence-corrected chi connectivity index (χ2v) is 7.78. The number of carbonyl (C=O) groups is 1. The highest BCUT2D eigenvalue weighted by molar-refractivity contribution is 6.10. The Balaban J connectivity index is 1.51. The molecule has 0 N–H and O–H groups in total. The zero-order valence-corrected chi connectivity index (χ0v) is 19.9. The first kappa shape index (κ1) is 24.1. The van der Waals surface area contributed by atoms with E-state index in [9.17, 15) is 4.79 Å². The van der Waals surface area contributed by atoms with Gasteiger partial charge in [0.15, 0.2) is 5.75 Å². The molecular weight excluding hydrogens is 452 g/mol. The lowest BCUT2D eigenvalue weighted by Crippen LogP contribution is -2.22. The number of pyridine rings is 2. The number of aromatic nitrogens is 4. The highest BCUT2D eigenvalue weighted by Crippen LogP contribution is 2.34. The van der Waals surface area contributed by atoms with E-state index in [-0.39, 0.29) is 12.5 Å². The minimum Gasteiger partial charge on any atom is -0.491 e. The molecule has 4 rings (SSSR count). The number of rotatable bonds is 11. The van der Waals surface area contributed by atoms with Gasteiger partial charge >= 0.3 is 0 Å². The van der Waals surface area contributed by atoms with E-state index in [1.54, 1.807) is 37.7 Å². The van der Waals surface area contributed by atoms with Crippen LogP contribution in [0.5, 0.6) is 11.6 Å². The van der Waals surface area contributed by atoms with Crippen molar-refractivity contribution in [1.82, 2.24) is 19.7 Å². The molecular formula is C24H26N6O5. The quantitative estimate of drug-likeness (QED) is 0.382. The number of aryl methyl sites for hydroxylation is 1. The Labute approximate surface area is 202 Å². The number of fused-ring (bicyclic) bond motifs is 1. The van der Waals surface area contributed by atoms with Crippen molar-refractivity contribution in [3.63, 3.8) is 0 Å². The molecule has 182 valence electrons. The summed E-state index contributed by atoms with van der Waals surface area (Å²) in [4.78, 5) is 23.8. The molecule has 11 nitrogen and oxygen atoms in total. The van der Waals surface area contributed by atoms with E-state index in [4.69, 9.17) is 29.2 Å².